The van der Waals surface area contributed by atoms with Crippen LogP contribution in [0.4, 0.5) is 5.69 Å². The molecule has 1 aliphatic carbocycles. The van der Waals surface area contributed by atoms with Crippen LogP contribution in [0, 0.1) is 0 Å². The molecule has 0 bridgehead atoms. The Kier molecular flexibility index (Phi) is 4.02. The zero-order chi connectivity index (χ0) is 20.0. The highest BCUT2D eigenvalue weighted by atomic mass is 16.5. The third kappa shape index (κ3) is 2.66. The molecule has 0 saturated carbocycles. The predicted molar refractivity (Wildman–Crippen MR) is 112 cm³/mol. The van der Waals surface area contributed by atoms with Gasteiger partial charge in [0.05, 0.1) is 36.7 Å². The lowest BCUT2D eigenvalue weighted by molar-refractivity contribution is 0.289. The van der Waals surface area contributed by atoms with Crippen molar-refractivity contribution in [1.82, 2.24) is 0 Å². The van der Waals surface area contributed by atoms with Gasteiger partial charge in [0.25, 0.3) is 0 Å². The molecule has 1 N–H and O–H groups in total. The van der Waals surface area contributed by atoms with Gasteiger partial charge in [-0.05, 0) is 35.9 Å². The number of phenols is 1. The molecule has 2 aliphatic rings. The summed E-state index contributed by atoms with van der Waals surface area (Å²) in [5.41, 5.74) is 5.83. The second-order valence-corrected chi connectivity index (χ2v) is 6.86. The molecule has 3 aromatic rings. The first-order valence-corrected chi connectivity index (χ1v) is 9.30. The van der Waals surface area contributed by atoms with Crippen LogP contribution in [0.5, 0.6) is 23.0 Å². The maximum absolute atomic E-state index is 11.0. The van der Waals surface area contributed by atoms with Crippen LogP contribution in [-0.2, 0) is 6.61 Å². The third-order valence-electron chi connectivity index (χ3n) is 5.25. The van der Waals surface area contributed by atoms with E-state index in [9.17, 15) is 5.11 Å². The summed E-state index contributed by atoms with van der Waals surface area (Å²) in [6, 6.07) is 17.2. The highest BCUT2D eigenvalue weighted by molar-refractivity contribution is 6.44. The lowest BCUT2D eigenvalue weighted by atomic mass is 10.0. The van der Waals surface area contributed by atoms with Crippen molar-refractivity contribution in [2.75, 3.05) is 14.2 Å². The molecule has 0 fully saturated rings. The number of rotatable bonds is 5. The van der Waals surface area contributed by atoms with Gasteiger partial charge in [0.15, 0.2) is 11.5 Å². The normalized spacial score (nSPS) is 13.2. The van der Waals surface area contributed by atoms with Crippen LogP contribution in [0.25, 0.3) is 11.6 Å². The van der Waals surface area contributed by atoms with Crippen molar-refractivity contribution < 1.29 is 19.3 Å². The molecular formula is C24H19NO4. The Morgan fingerprint density at radius 2 is 1.55 bits per heavy atom. The van der Waals surface area contributed by atoms with Gasteiger partial charge in [0.2, 0.25) is 0 Å². The maximum atomic E-state index is 11.0. The zero-order valence-corrected chi connectivity index (χ0v) is 16.1. The van der Waals surface area contributed by atoms with E-state index >= 15 is 0 Å². The van der Waals surface area contributed by atoms with Crippen molar-refractivity contribution >= 4 is 23.0 Å². The van der Waals surface area contributed by atoms with Gasteiger partial charge >= 0.3 is 0 Å². The second-order valence-electron chi connectivity index (χ2n) is 6.86. The SMILES string of the molecule is COc1ccc(OC)c2c1C=C1C2=Nc2ccc(OCc3ccccc3)c(O)c21. The summed E-state index contributed by atoms with van der Waals surface area (Å²) >= 11 is 0. The van der Waals surface area contributed by atoms with Crippen LogP contribution >= 0.6 is 0 Å². The average molecular weight is 385 g/mol. The zero-order valence-electron chi connectivity index (χ0n) is 16.1. The van der Waals surface area contributed by atoms with E-state index in [0.717, 1.165) is 39.5 Å². The summed E-state index contributed by atoms with van der Waals surface area (Å²) < 4.78 is 16.9. The monoisotopic (exact) mass is 385 g/mol. The van der Waals surface area contributed by atoms with Crippen LogP contribution in [-0.4, -0.2) is 25.0 Å². The van der Waals surface area contributed by atoms with Crippen LogP contribution in [0.15, 0.2) is 59.6 Å². The molecule has 1 heterocycles. The third-order valence-corrected chi connectivity index (χ3v) is 5.25. The first-order valence-electron chi connectivity index (χ1n) is 9.30. The first kappa shape index (κ1) is 17.4. The van der Waals surface area contributed by atoms with Gasteiger partial charge in [-0.25, -0.2) is 4.99 Å². The van der Waals surface area contributed by atoms with Gasteiger partial charge < -0.3 is 19.3 Å². The predicted octanol–water partition coefficient (Wildman–Crippen LogP) is 4.98. The number of allylic oxidation sites excluding steroid dienone is 1. The molecule has 0 saturated heterocycles. The molecule has 0 unspecified atom stereocenters. The van der Waals surface area contributed by atoms with Gasteiger partial charge in [0.1, 0.15) is 18.1 Å². The lowest BCUT2D eigenvalue weighted by Crippen LogP contribution is -2.01. The highest BCUT2D eigenvalue weighted by Crippen LogP contribution is 2.52. The summed E-state index contributed by atoms with van der Waals surface area (Å²) in [5, 5.41) is 11.0. The van der Waals surface area contributed by atoms with Crippen molar-refractivity contribution in [3.8, 4) is 23.0 Å². The number of methoxy groups -OCH3 is 2. The molecule has 0 atom stereocenters. The molecule has 0 radical (unpaired) electrons. The molecule has 1 aliphatic heterocycles. The van der Waals surface area contributed by atoms with Crippen molar-refractivity contribution in [3.05, 3.63) is 76.9 Å². The van der Waals surface area contributed by atoms with Crippen molar-refractivity contribution in [1.29, 1.82) is 0 Å². The number of aromatic hydroxyl groups is 1. The molecule has 144 valence electrons. The second kappa shape index (κ2) is 6.71. The van der Waals surface area contributed by atoms with E-state index in [1.165, 1.54) is 0 Å². The number of ether oxygens (including phenoxy) is 3. The highest BCUT2D eigenvalue weighted by Gasteiger charge is 2.35. The molecule has 5 rings (SSSR count). The summed E-state index contributed by atoms with van der Waals surface area (Å²) in [5.74, 6) is 1.98. The average Bonchev–Trinajstić information content (AvgIpc) is 3.30. The molecule has 5 heteroatoms. The standard InChI is InChI=1S/C24H19NO4/c1-27-18-10-11-19(28-2)22-15(18)12-16-21-17(25-23(16)22)8-9-20(24(21)26)29-13-14-6-4-3-5-7-14/h3-12,26H,13H2,1-2H3. The van der Waals surface area contributed by atoms with Crippen molar-refractivity contribution in [2.24, 2.45) is 4.99 Å². The molecule has 0 aromatic heterocycles. The van der Waals surface area contributed by atoms with Gasteiger partial charge in [-0.15, -0.1) is 0 Å². The number of hydrogen-bond acceptors (Lipinski definition) is 5. The van der Waals surface area contributed by atoms with Gasteiger partial charge in [0, 0.05) is 11.1 Å². The molecule has 5 nitrogen and oxygen atoms in total. The Morgan fingerprint density at radius 3 is 2.31 bits per heavy atom. The fourth-order valence-corrected chi connectivity index (χ4v) is 3.86. The Balaban J connectivity index is 1.54. The number of fused-ring (bicyclic) bond motifs is 5. The minimum atomic E-state index is 0.0918. The van der Waals surface area contributed by atoms with E-state index in [-0.39, 0.29) is 5.75 Å². The number of phenolic OH excluding ortho intramolecular Hbond substituents is 1. The smallest absolute Gasteiger partial charge is 0.167 e. The molecule has 0 amide bonds. The topological polar surface area (TPSA) is 60.3 Å². The van der Waals surface area contributed by atoms with E-state index in [1.807, 2.05) is 54.6 Å². The fraction of sp³-hybridized carbons (Fsp3) is 0.125. The van der Waals surface area contributed by atoms with E-state index in [4.69, 9.17) is 19.2 Å². The number of benzene rings is 3. The molecular weight excluding hydrogens is 366 g/mol. The Bertz CT molecular complexity index is 1180. The minimum Gasteiger partial charge on any atom is -0.504 e. The van der Waals surface area contributed by atoms with Gasteiger partial charge in [-0.1, -0.05) is 30.3 Å². The van der Waals surface area contributed by atoms with E-state index in [2.05, 4.69) is 0 Å². The molecule has 3 aromatic carbocycles. The number of nitrogens with zero attached hydrogens (tertiary/aromatic N) is 1. The van der Waals surface area contributed by atoms with E-state index in [1.54, 1.807) is 20.3 Å². The quantitative estimate of drug-likeness (QED) is 0.673. The largest absolute Gasteiger partial charge is 0.504 e. The molecule has 0 spiro atoms. The molecule has 29 heavy (non-hydrogen) atoms. The van der Waals surface area contributed by atoms with Crippen molar-refractivity contribution in [2.45, 2.75) is 6.61 Å². The summed E-state index contributed by atoms with van der Waals surface area (Å²) in [6.07, 6.45) is 1.99. The van der Waals surface area contributed by atoms with Gasteiger partial charge in [-0.2, -0.15) is 0 Å². The summed E-state index contributed by atoms with van der Waals surface area (Å²) in [4.78, 5) is 4.76. The lowest BCUT2D eigenvalue weighted by Gasteiger charge is -2.11. The maximum Gasteiger partial charge on any atom is 0.167 e. The van der Waals surface area contributed by atoms with Crippen LogP contribution in [0.2, 0.25) is 0 Å². The van der Waals surface area contributed by atoms with E-state index < -0.39 is 0 Å². The summed E-state index contributed by atoms with van der Waals surface area (Å²) in [6.45, 7) is 0.377. The van der Waals surface area contributed by atoms with Gasteiger partial charge in [-0.3, -0.25) is 0 Å². The number of hydrogen-bond donors (Lipinski definition) is 1. The fourth-order valence-electron chi connectivity index (χ4n) is 3.86. The Labute approximate surface area is 168 Å². The van der Waals surface area contributed by atoms with Crippen molar-refractivity contribution in [3.63, 3.8) is 0 Å². The van der Waals surface area contributed by atoms with Crippen LogP contribution in [0.3, 0.4) is 0 Å². The van der Waals surface area contributed by atoms with Crippen LogP contribution < -0.4 is 14.2 Å². The Hall–Kier alpha value is -3.73. The Morgan fingerprint density at radius 1 is 0.828 bits per heavy atom. The minimum absolute atomic E-state index is 0.0918. The van der Waals surface area contributed by atoms with E-state index in [0.29, 0.717) is 23.6 Å². The number of aliphatic imine (C=N–C) groups is 1. The van der Waals surface area contributed by atoms with Crippen LogP contribution in [0.1, 0.15) is 22.3 Å². The first-order chi connectivity index (χ1) is 14.2. The summed E-state index contributed by atoms with van der Waals surface area (Å²) in [7, 11) is 3.27.